The third kappa shape index (κ3) is 5.42. The Hall–Kier alpha value is -2.33. The van der Waals surface area contributed by atoms with Gasteiger partial charge in [-0.2, -0.15) is 0 Å². The van der Waals surface area contributed by atoms with Gasteiger partial charge in [-0.1, -0.05) is 41.9 Å². The van der Waals surface area contributed by atoms with Crippen molar-refractivity contribution in [3.8, 4) is 0 Å². The number of hydrogen-bond donors (Lipinski definition) is 1. The van der Waals surface area contributed by atoms with Crippen LogP contribution in [0, 0.1) is 0 Å². The largest absolute Gasteiger partial charge is 0.352 e. The molecule has 0 saturated heterocycles. The van der Waals surface area contributed by atoms with Crippen molar-refractivity contribution in [3.05, 3.63) is 70.7 Å². The van der Waals surface area contributed by atoms with Crippen LogP contribution in [-0.2, 0) is 11.3 Å². The summed E-state index contributed by atoms with van der Waals surface area (Å²) in [6.45, 7) is 0.833. The van der Waals surface area contributed by atoms with Crippen molar-refractivity contribution >= 4 is 23.4 Å². The summed E-state index contributed by atoms with van der Waals surface area (Å²) in [6, 6.07) is 16.3. The Kier molecular flexibility index (Phi) is 6.18. The highest BCUT2D eigenvalue weighted by Gasteiger charge is 2.10. The Morgan fingerprint density at radius 1 is 1.04 bits per heavy atom. The van der Waals surface area contributed by atoms with E-state index in [1.807, 2.05) is 18.2 Å². The Balaban J connectivity index is 1.76. The number of carbonyl (C=O) groups is 2. The van der Waals surface area contributed by atoms with E-state index in [-0.39, 0.29) is 18.2 Å². The number of hydrogen-bond acceptors (Lipinski definition) is 2. The summed E-state index contributed by atoms with van der Waals surface area (Å²) in [7, 11) is 1.75. The van der Waals surface area contributed by atoms with Crippen LogP contribution in [0.3, 0.4) is 0 Å². The van der Waals surface area contributed by atoms with Gasteiger partial charge in [0, 0.05) is 37.1 Å². The minimum absolute atomic E-state index is 0.0201. The van der Waals surface area contributed by atoms with Crippen molar-refractivity contribution < 1.29 is 9.59 Å². The summed E-state index contributed by atoms with van der Waals surface area (Å²) in [5, 5.41) is 3.42. The van der Waals surface area contributed by atoms with Crippen molar-refractivity contribution in [3.63, 3.8) is 0 Å². The number of nitrogens with zero attached hydrogens (tertiary/aromatic N) is 1. The van der Waals surface area contributed by atoms with E-state index < -0.39 is 0 Å². The smallest absolute Gasteiger partial charge is 0.251 e. The molecule has 0 unspecified atom stereocenters. The van der Waals surface area contributed by atoms with Crippen molar-refractivity contribution in [1.29, 1.82) is 0 Å². The molecule has 0 atom stereocenters. The first kappa shape index (κ1) is 17.0. The lowest BCUT2D eigenvalue weighted by atomic mass is 10.2. The number of nitrogens with one attached hydrogen (secondary N) is 1. The molecular formula is C18H19ClN2O2. The number of amides is 2. The van der Waals surface area contributed by atoms with E-state index in [9.17, 15) is 9.59 Å². The summed E-state index contributed by atoms with van der Waals surface area (Å²) in [5.41, 5.74) is 1.60. The number of halogens is 1. The van der Waals surface area contributed by atoms with E-state index in [4.69, 9.17) is 11.6 Å². The second kappa shape index (κ2) is 8.34. The predicted molar refractivity (Wildman–Crippen MR) is 91.3 cm³/mol. The minimum atomic E-state index is -0.168. The van der Waals surface area contributed by atoms with E-state index in [0.29, 0.717) is 23.7 Å². The van der Waals surface area contributed by atoms with E-state index in [1.165, 1.54) is 0 Å². The molecule has 0 radical (unpaired) electrons. The minimum Gasteiger partial charge on any atom is -0.352 e. The van der Waals surface area contributed by atoms with Gasteiger partial charge >= 0.3 is 0 Å². The third-order valence-electron chi connectivity index (χ3n) is 3.42. The van der Waals surface area contributed by atoms with Gasteiger partial charge in [0.15, 0.2) is 0 Å². The van der Waals surface area contributed by atoms with E-state index >= 15 is 0 Å². The zero-order valence-corrected chi connectivity index (χ0v) is 13.7. The molecule has 0 saturated carbocycles. The molecule has 5 heteroatoms. The molecule has 120 valence electrons. The van der Waals surface area contributed by atoms with Gasteiger partial charge in [0.05, 0.1) is 0 Å². The maximum absolute atomic E-state index is 12.1. The maximum atomic E-state index is 12.1. The maximum Gasteiger partial charge on any atom is 0.251 e. The Morgan fingerprint density at radius 3 is 2.35 bits per heavy atom. The molecule has 0 bridgehead atoms. The first-order chi connectivity index (χ1) is 11.1. The Bertz CT molecular complexity index is 656. The molecule has 0 spiro atoms. The molecule has 2 aromatic carbocycles. The third-order valence-corrected chi connectivity index (χ3v) is 3.67. The lowest BCUT2D eigenvalue weighted by Crippen LogP contribution is -2.31. The van der Waals surface area contributed by atoms with Gasteiger partial charge in [0.1, 0.15) is 0 Å². The Morgan fingerprint density at radius 2 is 1.70 bits per heavy atom. The van der Waals surface area contributed by atoms with E-state index in [0.717, 1.165) is 5.56 Å². The van der Waals surface area contributed by atoms with Gasteiger partial charge in [-0.15, -0.1) is 0 Å². The van der Waals surface area contributed by atoms with Crippen molar-refractivity contribution in [2.24, 2.45) is 0 Å². The number of carbonyl (C=O) groups excluding carboxylic acids is 2. The molecule has 1 N–H and O–H groups in total. The molecular weight excluding hydrogens is 312 g/mol. The first-order valence-electron chi connectivity index (χ1n) is 7.38. The molecule has 2 amide bonds. The van der Waals surface area contributed by atoms with Crippen molar-refractivity contribution in [2.45, 2.75) is 13.0 Å². The van der Waals surface area contributed by atoms with Crippen LogP contribution < -0.4 is 5.32 Å². The molecule has 4 nitrogen and oxygen atoms in total. The predicted octanol–water partition coefficient (Wildman–Crippen LogP) is 3.12. The fraction of sp³-hybridized carbons (Fsp3) is 0.222. The second-order valence-electron chi connectivity index (χ2n) is 5.25. The zero-order chi connectivity index (χ0) is 16.7. The average molecular weight is 331 g/mol. The molecule has 0 aliphatic rings. The highest BCUT2D eigenvalue weighted by Crippen LogP contribution is 2.11. The standard InChI is InChI=1S/C18H19ClN2O2/c1-21(13-14-7-9-16(19)10-8-14)17(22)11-12-20-18(23)15-5-3-2-4-6-15/h2-10H,11-13H2,1H3,(H,20,23). The van der Waals surface area contributed by atoms with Crippen molar-refractivity contribution in [1.82, 2.24) is 10.2 Å². The van der Waals surface area contributed by atoms with Gasteiger partial charge in [0.25, 0.3) is 5.91 Å². The SMILES string of the molecule is CN(Cc1ccc(Cl)cc1)C(=O)CCNC(=O)c1ccccc1. The summed E-state index contributed by atoms with van der Waals surface area (Å²) >= 11 is 5.84. The summed E-state index contributed by atoms with van der Waals surface area (Å²) < 4.78 is 0. The van der Waals surface area contributed by atoms with Gasteiger partial charge in [-0.3, -0.25) is 9.59 Å². The lowest BCUT2D eigenvalue weighted by molar-refractivity contribution is -0.130. The molecule has 2 aromatic rings. The van der Waals surface area contributed by atoms with Crippen LogP contribution in [0.2, 0.25) is 5.02 Å². The van der Waals surface area contributed by atoms with Crippen LogP contribution >= 0.6 is 11.6 Å². The normalized spacial score (nSPS) is 10.2. The van der Waals surface area contributed by atoms with E-state index in [1.54, 1.807) is 48.3 Å². The zero-order valence-electron chi connectivity index (χ0n) is 13.0. The molecule has 0 fully saturated rings. The van der Waals surface area contributed by atoms with Gasteiger partial charge in [-0.25, -0.2) is 0 Å². The fourth-order valence-corrected chi connectivity index (χ4v) is 2.24. The summed E-state index contributed by atoms with van der Waals surface area (Å²) in [6.07, 6.45) is 0.267. The molecule has 2 rings (SSSR count). The molecule has 0 aliphatic carbocycles. The number of rotatable bonds is 6. The fourth-order valence-electron chi connectivity index (χ4n) is 2.12. The van der Waals surface area contributed by atoms with Crippen molar-refractivity contribution in [2.75, 3.05) is 13.6 Å². The molecule has 0 aromatic heterocycles. The van der Waals surface area contributed by atoms with Gasteiger partial charge < -0.3 is 10.2 Å². The Labute approximate surface area is 141 Å². The topological polar surface area (TPSA) is 49.4 Å². The highest BCUT2D eigenvalue weighted by atomic mass is 35.5. The lowest BCUT2D eigenvalue weighted by Gasteiger charge is -2.17. The van der Waals surface area contributed by atoms with Gasteiger partial charge in [0.2, 0.25) is 5.91 Å². The van der Waals surface area contributed by atoms with Crippen LogP contribution in [0.25, 0.3) is 0 Å². The van der Waals surface area contributed by atoms with Crippen LogP contribution in [-0.4, -0.2) is 30.3 Å². The summed E-state index contributed by atoms with van der Waals surface area (Å²) in [5.74, 6) is -0.188. The molecule has 23 heavy (non-hydrogen) atoms. The van der Waals surface area contributed by atoms with Gasteiger partial charge in [-0.05, 0) is 29.8 Å². The van der Waals surface area contributed by atoms with Crippen LogP contribution in [0.4, 0.5) is 0 Å². The van der Waals surface area contributed by atoms with Crippen LogP contribution in [0.5, 0.6) is 0 Å². The summed E-state index contributed by atoms with van der Waals surface area (Å²) in [4.78, 5) is 25.6. The monoisotopic (exact) mass is 330 g/mol. The molecule has 0 heterocycles. The van der Waals surface area contributed by atoms with Crippen LogP contribution in [0.15, 0.2) is 54.6 Å². The second-order valence-corrected chi connectivity index (χ2v) is 5.68. The number of benzene rings is 2. The molecule has 0 aliphatic heterocycles. The first-order valence-corrected chi connectivity index (χ1v) is 7.75. The quantitative estimate of drug-likeness (QED) is 0.884. The van der Waals surface area contributed by atoms with Crippen LogP contribution in [0.1, 0.15) is 22.3 Å². The van der Waals surface area contributed by atoms with E-state index in [2.05, 4.69) is 5.32 Å². The average Bonchev–Trinajstić information content (AvgIpc) is 2.57. The highest BCUT2D eigenvalue weighted by molar-refractivity contribution is 6.30.